The van der Waals surface area contributed by atoms with Gasteiger partial charge in [0.1, 0.15) is 5.52 Å². The first kappa shape index (κ1) is 11.3. The van der Waals surface area contributed by atoms with Gasteiger partial charge < -0.3 is 5.32 Å². The maximum absolute atomic E-state index is 6.06. The van der Waals surface area contributed by atoms with Crippen LogP contribution in [0.4, 0.5) is 5.13 Å². The lowest BCUT2D eigenvalue weighted by Crippen LogP contribution is -1.94. The van der Waals surface area contributed by atoms with Gasteiger partial charge in [0.15, 0.2) is 5.13 Å². The number of halogens is 3. The Morgan fingerprint density at radius 1 is 1.33 bits per heavy atom. The van der Waals surface area contributed by atoms with Crippen molar-refractivity contribution >= 4 is 61.5 Å². The van der Waals surface area contributed by atoms with Crippen LogP contribution in [0.5, 0.6) is 0 Å². The molecule has 0 spiro atoms. The third-order valence-electron chi connectivity index (χ3n) is 1.84. The van der Waals surface area contributed by atoms with E-state index in [1.807, 2.05) is 6.92 Å². The van der Waals surface area contributed by atoms with Crippen LogP contribution in [0.2, 0.25) is 15.1 Å². The summed E-state index contributed by atoms with van der Waals surface area (Å²) in [6.45, 7) is 2.81. The Morgan fingerprint density at radius 2 is 2.07 bits per heavy atom. The summed E-state index contributed by atoms with van der Waals surface area (Å²) < 4.78 is 0.824. The highest BCUT2D eigenvalue weighted by Gasteiger charge is 2.13. The number of thiazole rings is 1. The molecule has 0 saturated heterocycles. The number of aromatic nitrogens is 1. The number of benzene rings is 1. The topological polar surface area (TPSA) is 24.9 Å². The lowest BCUT2D eigenvalue weighted by atomic mass is 10.3. The normalized spacial score (nSPS) is 10.9. The molecule has 6 heteroatoms. The summed E-state index contributed by atoms with van der Waals surface area (Å²) >= 11 is 19.5. The Kier molecular flexibility index (Phi) is 3.26. The zero-order chi connectivity index (χ0) is 11.0. The van der Waals surface area contributed by atoms with E-state index in [1.165, 1.54) is 11.3 Å². The number of hydrogen-bond donors (Lipinski definition) is 1. The number of fused-ring (bicyclic) bond motifs is 1. The highest BCUT2D eigenvalue weighted by atomic mass is 35.5. The van der Waals surface area contributed by atoms with E-state index in [4.69, 9.17) is 34.8 Å². The second-order valence-corrected chi connectivity index (χ2v) is 5.07. The van der Waals surface area contributed by atoms with Crippen molar-refractivity contribution in [2.45, 2.75) is 6.92 Å². The number of anilines is 1. The molecule has 0 fully saturated rings. The van der Waals surface area contributed by atoms with E-state index in [0.717, 1.165) is 16.4 Å². The molecule has 0 radical (unpaired) electrons. The monoisotopic (exact) mass is 280 g/mol. The lowest BCUT2D eigenvalue weighted by Gasteiger charge is -1.97. The molecule has 0 aliphatic rings. The van der Waals surface area contributed by atoms with Gasteiger partial charge in [0, 0.05) is 6.54 Å². The molecular weight excluding hydrogens is 275 g/mol. The van der Waals surface area contributed by atoms with Crippen LogP contribution in [0.3, 0.4) is 0 Å². The number of hydrogen-bond acceptors (Lipinski definition) is 3. The maximum atomic E-state index is 6.06. The summed E-state index contributed by atoms with van der Waals surface area (Å²) in [7, 11) is 0. The number of rotatable bonds is 2. The quantitative estimate of drug-likeness (QED) is 0.808. The van der Waals surface area contributed by atoms with Crippen molar-refractivity contribution in [3.63, 3.8) is 0 Å². The Morgan fingerprint density at radius 3 is 2.73 bits per heavy atom. The van der Waals surface area contributed by atoms with Gasteiger partial charge in [-0.1, -0.05) is 46.1 Å². The lowest BCUT2D eigenvalue weighted by molar-refractivity contribution is 1.20. The molecule has 0 bridgehead atoms. The van der Waals surface area contributed by atoms with Crippen molar-refractivity contribution < 1.29 is 0 Å². The smallest absolute Gasteiger partial charge is 0.183 e. The van der Waals surface area contributed by atoms with Crippen LogP contribution in [-0.2, 0) is 0 Å². The predicted octanol–water partition coefficient (Wildman–Crippen LogP) is 4.69. The fourth-order valence-electron chi connectivity index (χ4n) is 1.21. The van der Waals surface area contributed by atoms with Gasteiger partial charge in [0.25, 0.3) is 0 Å². The SMILES string of the molecule is CCNc1nc2c(Cl)cc(Cl)c(Cl)c2s1. The second kappa shape index (κ2) is 4.34. The van der Waals surface area contributed by atoms with Crippen LogP contribution in [-0.4, -0.2) is 11.5 Å². The Bertz CT molecular complexity index is 510. The van der Waals surface area contributed by atoms with Gasteiger partial charge in [-0.15, -0.1) is 0 Å². The fraction of sp³-hybridized carbons (Fsp3) is 0.222. The van der Waals surface area contributed by atoms with E-state index in [2.05, 4.69) is 10.3 Å². The van der Waals surface area contributed by atoms with Gasteiger partial charge in [0.05, 0.1) is 19.8 Å². The fourth-order valence-corrected chi connectivity index (χ4v) is 3.08. The first-order valence-electron chi connectivity index (χ1n) is 4.31. The molecule has 1 aromatic carbocycles. The van der Waals surface area contributed by atoms with Gasteiger partial charge in [0.2, 0.25) is 0 Å². The van der Waals surface area contributed by atoms with Crippen LogP contribution >= 0.6 is 46.1 Å². The summed E-state index contributed by atoms with van der Waals surface area (Å²) in [5.74, 6) is 0. The molecular formula is C9H7Cl3N2S. The van der Waals surface area contributed by atoms with Crippen molar-refractivity contribution in [1.29, 1.82) is 0 Å². The molecule has 15 heavy (non-hydrogen) atoms. The van der Waals surface area contributed by atoms with Gasteiger partial charge in [-0.2, -0.15) is 0 Å². The first-order chi connectivity index (χ1) is 7.13. The van der Waals surface area contributed by atoms with E-state index < -0.39 is 0 Å². The molecule has 80 valence electrons. The minimum Gasteiger partial charge on any atom is -0.362 e. The van der Waals surface area contributed by atoms with Gasteiger partial charge in [-0.05, 0) is 13.0 Å². The third-order valence-corrected chi connectivity index (χ3v) is 4.06. The molecule has 1 aromatic heterocycles. The van der Waals surface area contributed by atoms with Crippen LogP contribution in [0, 0.1) is 0 Å². The minimum absolute atomic E-state index is 0.459. The Labute approximate surface area is 106 Å². The molecule has 0 aliphatic heterocycles. The van der Waals surface area contributed by atoms with Crippen molar-refractivity contribution in [2.24, 2.45) is 0 Å². The molecule has 1 N–H and O–H groups in total. The molecule has 0 unspecified atom stereocenters. The highest BCUT2D eigenvalue weighted by molar-refractivity contribution is 7.23. The summed E-state index contributed by atoms with van der Waals surface area (Å²) in [4.78, 5) is 4.34. The average molecular weight is 282 g/mol. The van der Waals surface area contributed by atoms with E-state index in [1.54, 1.807) is 6.07 Å². The molecule has 2 rings (SSSR count). The maximum Gasteiger partial charge on any atom is 0.183 e. The average Bonchev–Trinajstić information content (AvgIpc) is 2.60. The zero-order valence-electron chi connectivity index (χ0n) is 7.77. The molecule has 0 aliphatic carbocycles. The number of nitrogens with zero attached hydrogens (tertiary/aromatic N) is 1. The highest BCUT2D eigenvalue weighted by Crippen LogP contribution is 2.40. The first-order valence-corrected chi connectivity index (χ1v) is 6.26. The number of nitrogens with one attached hydrogen (secondary N) is 1. The molecule has 0 saturated carbocycles. The van der Waals surface area contributed by atoms with E-state index in [9.17, 15) is 0 Å². The van der Waals surface area contributed by atoms with Crippen LogP contribution < -0.4 is 5.32 Å². The Hall–Kier alpha value is -0.220. The van der Waals surface area contributed by atoms with Gasteiger partial charge in [-0.3, -0.25) is 0 Å². The molecule has 0 atom stereocenters. The van der Waals surface area contributed by atoms with Crippen LogP contribution in [0.15, 0.2) is 6.07 Å². The largest absolute Gasteiger partial charge is 0.362 e. The van der Waals surface area contributed by atoms with Crippen LogP contribution in [0.1, 0.15) is 6.92 Å². The predicted molar refractivity (Wildman–Crippen MR) is 68.8 cm³/mol. The summed E-state index contributed by atoms with van der Waals surface area (Å²) in [5.41, 5.74) is 0.701. The molecule has 2 aromatic rings. The Balaban J connectivity index is 2.68. The standard InChI is InChI=1S/C9H7Cl3N2S/c1-2-13-9-14-7-5(11)3-4(10)6(12)8(7)15-9/h3H,2H2,1H3,(H,13,14). The summed E-state index contributed by atoms with van der Waals surface area (Å²) in [6.07, 6.45) is 0. The third kappa shape index (κ3) is 2.02. The van der Waals surface area contributed by atoms with Crippen molar-refractivity contribution in [3.8, 4) is 0 Å². The van der Waals surface area contributed by atoms with Crippen molar-refractivity contribution in [2.75, 3.05) is 11.9 Å². The van der Waals surface area contributed by atoms with E-state index in [-0.39, 0.29) is 0 Å². The van der Waals surface area contributed by atoms with Gasteiger partial charge in [-0.25, -0.2) is 4.98 Å². The zero-order valence-corrected chi connectivity index (χ0v) is 10.9. The van der Waals surface area contributed by atoms with Crippen LogP contribution in [0.25, 0.3) is 10.2 Å². The van der Waals surface area contributed by atoms with Crippen molar-refractivity contribution in [3.05, 3.63) is 21.1 Å². The van der Waals surface area contributed by atoms with Crippen molar-refractivity contribution in [1.82, 2.24) is 4.98 Å². The molecule has 1 heterocycles. The molecule has 0 amide bonds. The van der Waals surface area contributed by atoms with Gasteiger partial charge >= 0.3 is 0 Å². The summed E-state index contributed by atoms with van der Waals surface area (Å²) in [5, 5.41) is 5.42. The van der Waals surface area contributed by atoms with E-state index >= 15 is 0 Å². The minimum atomic E-state index is 0.459. The summed E-state index contributed by atoms with van der Waals surface area (Å²) in [6, 6.07) is 1.61. The molecule has 2 nitrogen and oxygen atoms in total. The van der Waals surface area contributed by atoms with E-state index in [0.29, 0.717) is 20.6 Å². The second-order valence-electron chi connectivity index (χ2n) is 2.88.